The van der Waals surface area contributed by atoms with Gasteiger partial charge in [-0.2, -0.15) is 0 Å². The standard InChI is InChI=1S/C19H27ClN2O2/c1-14-13-17(5-6-18(14)20)24-16-7-10-22(11-8-16)12-9-21-19(23)15-3-2-4-15/h5-6,13,15-16H,2-4,7-12H2,1H3,(H,21,23). The molecule has 0 bridgehead atoms. The summed E-state index contributed by atoms with van der Waals surface area (Å²) in [6.07, 6.45) is 5.67. The number of carbonyl (C=O) groups excluding carboxylic acids is 1. The fourth-order valence-corrected chi connectivity index (χ4v) is 3.40. The van der Waals surface area contributed by atoms with E-state index in [0.717, 1.165) is 68.2 Å². The molecule has 24 heavy (non-hydrogen) atoms. The Hall–Kier alpha value is -1.26. The molecule has 0 radical (unpaired) electrons. The van der Waals surface area contributed by atoms with Crippen LogP contribution >= 0.6 is 11.6 Å². The Balaban J connectivity index is 1.34. The number of amides is 1. The Morgan fingerprint density at radius 2 is 2.04 bits per heavy atom. The Morgan fingerprint density at radius 1 is 1.29 bits per heavy atom. The molecule has 1 amide bonds. The van der Waals surface area contributed by atoms with E-state index in [-0.39, 0.29) is 17.9 Å². The van der Waals surface area contributed by atoms with Crippen molar-refractivity contribution in [3.05, 3.63) is 28.8 Å². The quantitative estimate of drug-likeness (QED) is 0.854. The van der Waals surface area contributed by atoms with E-state index in [9.17, 15) is 4.79 Å². The first-order valence-electron chi connectivity index (χ1n) is 9.04. The Morgan fingerprint density at radius 3 is 2.67 bits per heavy atom. The molecule has 1 aliphatic heterocycles. The zero-order valence-electron chi connectivity index (χ0n) is 14.4. The number of nitrogens with zero attached hydrogens (tertiary/aromatic N) is 1. The second-order valence-electron chi connectivity index (χ2n) is 6.99. The minimum atomic E-state index is 0.248. The van der Waals surface area contributed by atoms with E-state index in [1.807, 2.05) is 25.1 Å². The van der Waals surface area contributed by atoms with Crippen LogP contribution in [0, 0.1) is 12.8 Å². The van der Waals surface area contributed by atoms with Crippen molar-refractivity contribution in [3.8, 4) is 5.75 Å². The highest BCUT2D eigenvalue weighted by Crippen LogP contribution is 2.26. The third-order valence-corrected chi connectivity index (χ3v) is 5.59. The monoisotopic (exact) mass is 350 g/mol. The lowest BCUT2D eigenvalue weighted by Crippen LogP contribution is -2.43. The smallest absolute Gasteiger partial charge is 0.223 e. The van der Waals surface area contributed by atoms with E-state index in [2.05, 4.69) is 10.2 Å². The number of nitrogens with one attached hydrogen (secondary N) is 1. The van der Waals surface area contributed by atoms with Crippen LogP contribution in [0.5, 0.6) is 5.75 Å². The van der Waals surface area contributed by atoms with Gasteiger partial charge in [0, 0.05) is 37.1 Å². The average Bonchev–Trinajstić information content (AvgIpc) is 2.51. The first-order chi connectivity index (χ1) is 11.6. The first-order valence-corrected chi connectivity index (χ1v) is 9.42. The average molecular weight is 351 g/mol. The molecule has 3 rings (SSSR count). The summed E-state index contributed by atoms with van der Waals surface area (Å²) in [5.41, 5.74) is 1.05. The van der Waals surface area contributed by atoms with Crippen molar-refractivity contribution in [1.82, 2.24) is 10.2 Å². The number of ether oxygens (including phenoxy) is 1. The molecule has 1 saturated heterocycles. The number of benzene rings is 1. The summed E-state index contributed by atoms with van der Waals surface area (Å²) >= 11 is 6.05. The van der Waals surface area contributed by atoms with E-state index < -0.39 is 0 Å². The van der Waals surface area contributed by atoms with Crippen LogP contribution in [0.1, 0.15) is 37.7 Å². The van der Waals surface area contributed by atoms with Crippen LogP contribution in [-0.4, -0.2) is 43.1 Å². The Bertz CT molecular complexity index is 566. The number of rotatable bonds is 6. The molecule has 1 aromatic rings. The second kappa shape index (κ2) is 8.21. The molecule has 1 N–H and O–H groups in total. The van der Waals surface area contributed by atoms with Crippen molar-refractivity contribution in [1.29, 1.82) is 0 Å². The molecular weight excluding hydrogens is 324 g/mol. The molecule has 5 heteroatoms. The zero-order valence-corrected chi connectivity index (χ0v) is 15.1. The molecule has 132 valence electrons. The Kier molecular flexibility index (Phi) is 6.01. The summed E-state index contributed by atoms with van der Waals surface area (Å²) in [5, 5.41) is 3.85. The molecule has 0 atom stereocenters. The predicted octanol–water partition coefficient (Wildman–Crippen LogP) is 3.41. The van der Waals surface area contributed by atoms with Crippen molar-refractivity contribution < 1.29 is 9.53 Å². The van der Waals surface area contributed by atoms with Gasteiger partial charge in [0.15, 0.2) is 0 Å². The summed E-state index contributed by atoms with van der Waals surface area (Å²) in [5.74, 6) is 1.44. The van der Waals surface area contributed by atoms with E-state index in [1.54, 1.807) is 0 Å². The highest BCUT2D eigenvalue weighted by atomic mass is 35.5. The van der Waals surface area contributed by atoms with E-state index in [1.165, 1.54) is 6.42 Å². The molecule has 1 aliphatic carbocycles. The normalized spacial score (nSPS) is 19.8. The summed E-state index contributed by atoms with van der Waals surface area (Å²) < 4.78 is 6.08. The summed E-state index contributed by atoms with van der Waals surface area (Å²) in [4.78, 5) is 14.2. The summed E-state index contributed by atoms with van der Waals surface area (Å²) in [7, 11) is 0. The topological polar surface area (TPSA) is 41.6 Å². The van der Waals surface area contributed by atoms with Crippen molar-refractivity contribution in [2.24, 2.45) is 5.92 Å². The molecule has 0 spiro atoms. The number of carbonyl (C=O) groups is 1. The molecule has 4 nitrogen and oxygen atoms in total. The van der Waals surface area contributed by atoms with Gasteiger partial charge < -0.3 is 15.0 Å². The number of hydrogen-bond acceptors (Lipinski definition) is 3. The van der Waals surface area contributed by atoms with Gasteiger partial charge in [-0.1, -0.05) is 18.0 Å². The first kappa shape index (κ1) is 17.6. The highest BCUT2D eigenvalue weighted by Gasteiger charge is 2.25. The molecule has 2 aliphatic rings. The maximum Gasteiger partial charge on any atom is 0.223 e. The van der Waals surface area contributed by atoms with Crippen LogP contribution in [0.3, 0.4) is 0 Å². The number of aryl methyl sites for hydroxylation is 1. The van der Waals surface area contributed by atoms with Crippen molar-refractivity contribution >= 4 is 17.5 Å². The molecule has 0 unspecified atom stereocenters. The zero-order chi connectivity index (χ0) is 16.9. The van der Waals surface area contributed by atoms with Gasteiger partial charge in [0.2, 0.25) is 5.91 Å². The largest absolute Gasteiger partial charge is 0.490 e. The fraction of sp³-hybridized carbons (Fsp3) is 0.632. The lowest BCUT2D eigenvalue weighted by Gasteiger charge is -2.32. The molecule has 1 aromatic carbocycles. The third kappa shape index (κ3) is 4.64. The number of halogens is 1. The SMILES string of the molecule is Cc1cc(OC2CCN(CCNC(=O)C3CCC3)CC2)ccc1Cl. The van der Waals surface area contributed by atoms with Gasteiger partial charge in [-0.25, -0.2) is 0 Å². The number of hydrogen-bond donors (Lipinski definition) is 1. The number of likely N-dealkylation sites (tertiary alicyclic amines) is 1. The van der Waals surface area contributed by atoms with Crippen LogP contribution in [0.25, 0.3) is 0 Å². The van der Waals surface area contributed by atoms with E-state index in [0.29, 0.717) is 0 Å². The minimum Gasteiger partial charge on any atom is -0.490 e. The lowest BCUT2D eigenvalue weighted by molar-refractivity contribution is -0.127. The second-order valence-corrected chi connectivity index (χ2v) is 7.40. The molecule has 1 saturated carbocycles. The van der Waals surface area contributed by atoms with Gasteiger partial charge in [-0.05, 0) is 56.4 Å². The summed E-state index contributed by atoms with van der Waals surface area (Å²) in [6.45, 7) is 5.74. The van der Waals surface area contributed by atoms with Crippen LogP contribution in [0.15, 0.2) is 18.2 Å². The van der Waals surface area contributed by atoms with Gasteiger partial charge in [-0.3, -0.25) is 4.79 Å². The molecule has 0 aromatic heterocycles. The van der Waals surface area contributed by atoms with E-state index in [4.69, 9.17) is 16.3 Å². The number of piperidine rings is 1. The molecule has 2 fully saturated rings. The van der Waals surface area contributed by atoms with E-state index >= 15 is 0 Å². The minimum absolute atomic E-state index is 0.248. The predicted molar refractivity (Wildman–Crippen MR) is 96.6 cm³/mol. The van der Waals surface area contributed by atoms with Crippen LogP contribution in [0.2, 0.25) is 5.02 Å². The lowest BCUT2D eigenvalue weighted by atomic mass is 9.85. The maximum absolute atomic E-state index is 11.8. The highest BCUT2D eigenvalue weighted by molar-refractivity contribution is 6.31. The van der Waals surface area contributed by atoms with Gasteiger partial charge in [-0.15, -0.1) is 0 Å². The van der Waals surface area contributed by atoms with Crippen molar-refractivity contribution in [2.75, 3.05) is 26.2 Å². The van der Waals surface area contributed by atoms with Gasteiger partial charge >= 0.3 is 0 Å². The van der Waals surface area contributed by atoms with Gasteiger partial charge in [0.25, 0.3) is 0 Å². The molecular formula is C19H27ClN2O2. The molecule has 1 heterocycles. The van der Waals surface area contributed by atoms with Crippen molar-refractivity contribution in [3.63, 3.8) is 0 Å². The maximum atomic E-state index is 11.8. The van der Waals surface area contributed by atoms with Crippen LogP contribution in [0.4, 0.5) is 0 Å². The fourth-order valence-electron chi connectivity index (χ4n) is 3.29. The Labute approximate surface area is 149 Å². The van der Waals surface area contributed by atoms with Gasteiger partial charge in [0.1, 0.15) is 11.9 Å². The van der Waals surface area contributed by atoms with Crippen molar-refractivity contribution in [2.45, 2.75) is 45.1 Å². The summed E-state index contributed by atoms with van der Waals surface area (Å²) in [6, 6.07) is 5.84. The van der Waals surface area contributed by atoms with Crippen LogP contribution in [-0.2, 0) is 4.79 Å². The van der Waals surface area contributed by atoms with Crippen LogP contribution < -0.4 is 10.1 Å². The van der Waals surface area contributed by atoms with Gasteiger partial charge in [0.05, 0.1) is 0 Å². The third-order valence-electron chi connectivity index (χ3n) is 5.17.